The van der Waals surface area contributed by atoms with Crippen molar-refractivity contribution in [3.05, 3.63) is 63.0 Å². The van der Waals surface area contributed by atoms with Gasteiger partial charge in [0.25, 0.3) is 11.6 Å². The van der Waals surface area contributed by atoms with Crippen LogP contribution in [0, 0.1) is 17.0 Å². The lowest BCUT2D eigenvalue weighted by Gasteiger charge is -2.15. The Kier molecular flexibility index (Phi) is 5.79. The van der Waals surface area contributed by atoms with E-state index in [9.17, 15) is 19.7 Å². The van der Waals surface area contributed by atoms with Gasteiger partial charge < -0.3 is 14.8 Å². The number of thiophene rings is 1. The Labute approximate surface area is 170 Å². The van der Waals surface area contributed by atoms with Gasteiger partial charge in [0.2, 0.25) is 0 Å². The number of aryl methyl sites for hydroxylation is 1. The molecule has 0 aliphatic carbocycles. The first-order valence-electron chi connectivity index (χ1n) is 8.64. The molecule has 0 aliphatic heterocycles. The molecule has 0 fully saturated rings. The van der Waals surface area contributed by atoms with Crippen molar-refractivity contribution in [1.29, 1.82) is 0 Å². The van der Waals surface area contributed by atoms with E-state index in [1.165, 1.54) is 43.6 Å². The maximum absolute atomic E-state index is 12.6. The number of amides is 1. The van der Waals surface area contributed by atoms with E-state index in [2.05, 4.69) is 5.32 Å². The average molecular weight is 414 g/mol. The van der Waals surface area contributed by atoms with E-state index >= 15 is 0 Å². The summed E-state index contributed by atoms with van der Waals surface area (Å²) in [6, 6.07) is 11.4. The first-order valence-corrected chi connectivity index (χ1v) is 9.46. The van der Waals surface area contributed by atoms with Crippen LogP contribution in [0.4, 0.5) is 11.4 Å². The first-order chi connectivity index (χ1) is 13.8. The fourth-order valence-electron chi connectivity index (χ4n) is 2.78. The molecular formula is C20H18N2O6S. The molecule has 1 amide bonds. The molecular weight excluding hydrogens is 396 g/mol. The predicted molar refractivity (Wildman–Crippen MR) is 110 cm³/mol. The highest BCUT2D eigenvalue weighted by molar-refractivity contribution is 7.21. The second kappa shape index (κ2) is 8.27. The third-order valence-electron chi connectivity index (χ3n) is 4.33. The molecule has 0 bridgehead atoms. The molecule has 2 aromatic carbocycles. The number of hydrogen-bond donors (Lipinski definition) is 1. The van der Waals surface area contributed by atoms with Gasteiger partial charge in [0.15, 0.2) is 6.10 Å². The van der Waals surface area contributed by atoms with Crippen LogP contribution in [-0.2, 0) is 9.53 Å². The molecule has 1 N–H and O–H groups in total. The Morgan fingerprint density at radius 1 is 1.21 bits per heavy atom. The number of carbonyl (C=O) groups is 2. The Morgan fingerprint density at radius 3 is 2.59 bits per heavy atom. The number of hydrogen-bond acceptors (Lipinski definition) is 7. The number of non-ortho nitro benzene ring substituents is 1. The normalized spacial score (nSPS) is 11.7. The predicted octanol–water partition coefficient (Wildman–Crippen LogP) is 4.31. The summed E-state index contributed by atoms with van der Waals surface area (Å²) in [4.78, 5) is 35.9. The molecule has 0 unspecified atom stereocenters. The third-order valence-corrected chi connectivity index (χ3v) is 5.59. The lowest BCUT2D eigenvalue weighted by atomic mass is 10.1. The van der Waals surface area contributed by atoms with Crippen LogP contribution in [0.1, 0.15) is 22.2 Å². The van der Waals surface area contributed by atoms with E-state index in [0.717, 1.165) is 15.6 Å². The average Bonchev–Trinajstić information content (AvgIpc) is 3.04. The molecule has 0 radical (unpaired) electrons. The summed E-state index contributed by atoms with van der Waals surface area (Å²) in [5.74, 6) is -0.976. The number of nitro benzene ring substituents is 1. The summed E-state index contributed by atoms with van der Waals surface area (Å²) in [6.07, 6.45) is -1.11. The van der Waals surface area contributed by atoms with Crippen molar-refractivity contribution in [2.45, 2.75) is 20.0 Å². The van der Waals surface area contributed by atoms with Gasteiger partial charge in [-0.05, 0) is 36.9 Å². The number of nitrogens with zero attached hydrogens (tertiary/aromatic N) is 1. The van der Waals surface area contributed by atoms with Crippen LogP contribution >= 0.6 is 11.3 Å². The van der Waals surface area contributed by atoms with E-state index in [-0.39, 0.29) is 17.1 Å². The molecule has 9 heteroatoms. The summed E-state index contributed by atoms with van der Waals surface area (Å²) in [6.45, 7) is 3.26. The van der Waals surface area contributed by atoms with E-state index in [1.807, 2.05) is 31.2 Å². The van der Waals surface area contributed by atoms with Crippen molar-refractivity contribution < 1.29 is 24.0 Å². The molecule has 0 spiro atoms. The second-order valence-corrected chi connectivity index (χ2v) is 7.28. The number of anilines is 1. The zero-order valence-corrected chi connectivity index (χ0v) is 16.7. The molecule has 3 aromatic rings. The summed E-state index contributed by atoms with van der Waals surface area (Å²) >= 11 is 1.30. The van der Waals surface area contributed by atoms with E-state index in [0.29, 0.717) is 4.88 Å². The first kappa shape index (κ1) is 20.3. The van der Waals surface area contributed by atoms with E-state index in [1.54, 1.807) is 0 Å². The number of fused-ring (bicyclic) bond motifs is 1. The van der Waals surface area contributed by atoms with Gasteiger partial charge in [0, 0.05) is 16.8 Å². The van der Waals surface area contributed by atoms with Gasteiger partial charge in [-0.2, -0.15) is 0 Å². The van der Waals surface area contributed by atoms with Gasteiger partial charge in [-0.3, -0.25) is 14.9 Å². The minimum absolute atomic E-state index is 0.118. The number of nitro groups is 1. The number of nitrogens with one attached hydrogen (secondary N) is 1. The Balaban J connectivity index is 1.75. The van der Waals surface area contributed by atoms with Crippen molar-refractivity contribution in [1.82, 2.24) is 0 Å². The number of methoxy groups -OCH3 is 1. The highest BCUT2D eigenvalue weighted by atomic mass is 32.1. The van der Waals surface area contributed by atoms with E-state index in [4.69, 9.17) is 9.47 Å². The fraction of sp³-hybridized carbons (Fsp3) is 0.200. The topological polar surface area (TPSA) is 108 Å². The summed E-state index contributed by atoms with van der Waals surface area (Å²) in [5.41, 5.74) is 0.711. The Bertz CT molecular complexity index is 1110. The molecule has 0 aliphatic rings. The molecule has 8 nitrogen and oxygen atoms in total. The van der Waals surface area contributed by atoms with Crippen LogP contribution in [0.5, 0.6) is 5.75 Å². The van der Waals surface area contributed by atoms with Gasteiger partial charge in [-0.15, -0.1) is 11.3 Å². The monoisotopic (exact) mass is 414 g/mol. The smallest absolute Gasteiger partial charge is 0.349 e. The number of esters is 1. The molecule has 1 atom stereocenters. The summed E-state index contributed by atoms with van der Waals surface area (Å²) in [7, 11) is 1.38. The molecule has 150 valence electrons. The molecule has 1 aromatic heterocycles. The largest absolute Gasteiger partial charge is 0.495 e. The number of rotatable bonds is 6. The van der Waals surface area contributed by atoms with Crippen molar-refractivity contribution in [3.8, 4) is 5.75 Å². The number of ether oxygens (including phenoxy) is 2. The van der Waals surface area contributed by atoms with Gasteiger partial charge in [-0.25, -0.2) is 4.79 Å². The Morgan fingerprint density at radius 2 is 1.93 bits per heavy atom. The van der Waals surface area contributed by atoms with Crippen molar-refractivity contribution in [2.75, 3.05) is 12.4 Å². The zero-order valence-electron chi connectivity index (χ0n) is 15.9. The molecule has 29 heavy (non-hydrogen) atoms. The fourth-order valence-corrected chi connectivity index (χ4v) is 3.87. The lowest BCUT2D eigenvalue weighted by molar-refractivity contribution is -0.384. The highest BCUT2D eigenvalue weighted by Crippen LogP contribution is 2.32. The third kappa shape index (κ3) is 4.19. The van der Waals surface area contributed by atoms with Crippen LogP contribution in [0.3, 0.4) is 0 Å². The maximum Gasteiger partial charge on any atom is 0.349 e. The summed E-state index contributed by atoms with van der Waals surface area (Å²) < 4.78 is 11.4. The van der Waals surface area contributed by atoms with Gasteiger partial charge in [0.1, 0.15) is 10.6 Å². The minimum Gasteiger partial charge on any atom is -0.495 e. The standard InChI is InChI=1S/C20H18N2O6S/c1-11-14-6-4-5-7-17(14)29-18(11)20(24)28-12(2)19(23)21-15-10-13(22(25)26)8-9-16(15)27-3/h4-10,12H,1-3H3,(H,21,23)/t12-/m0/s1. The number of benzene rings is 2. The SMILES string of the molecule is COc1ccc([N+](=O)[O-])cc1NC(=O)[C@H](C)OC(=O)c1sc2ccccc2c1C. The number of carbonyl (C=O) groups excluding carboxylic acids is 2. The van der Waals surface area contributed by atoms with Gasteiger partial charge in [-0.1, -0.05) is 18.2 Å². The minimum atomic E-state index is -1.11. The van der Waals surface area contributed by atoms with Crippen LogP contribution in [0.25, 0.3) is 10.1 Å². The molecule has 3 rings (SSSR count). The van der Waals surface area contributed by atoms with Crippen LogP contribution in [-0.4, -0.2) is 30.0 Å². The van der Waals surface area contributed by atoms with Crippen molar-refractivity contribution in [2.24, 2.45) is 0 Å². The van der Waals surface area contributed by atoms with Crippen LogP contribution in [0.15, 0.2) is 42.5 Å². The molecule has 1 heterocycles. The second-order valence-electron chi connectivity index (χ2n) is 6.23. The highest BCUT2D eigenvalue weighted by Gasteiger charge is 2.24. The molecule has 0 saturated carbocycles. The van der Waals surface area contributed by atoms with Crippen LogP contribution in [0.2, 0.25) is 0 Å². The van der Waals surface area contributed by atoms with Crippen LogP contribution < -0.4 is 10.1 Å². The van der Waals surface area contributed by atoms with E-state index < -0.39 is 22.9 Å². The van der Waals surface area contributed by atoms with Crippen molar-refractivity contribution in [3.63, 3.8) is 0 Å². The lowest BCUT2D eigenvalue weighted by Crippen LogP contribution is -2.30. The van der Waals surface area contributed by atoms with Gasteiger partial charge >= 0.3 is 5.97 Å². The zero-order chi connectivity index (χ0) is 21.1. The van der Waals surface area contributed by atoms with Gasteiger partial charge in [0.05, 0.1) is 17.7 Å². The maximum atomic E-state index is 12.6. The summed E-state index contributed by atoms with van der Waals surface area (Å²) in [5, 5.41) is 14.4. The Hall–Kier alpha value is -3.46. The molecule has 0 saturated heterocycles. The van der Waals surface area contributed by atoms with Crippen molar-refractivity contribution >= 4 is 44.7 Å². The quantitative estimate of drug-likeness (QED) is 0.366.